The highest BCUT2D eigenvalue weighted by molar-refractivity contribution is 5.14. The van der Waals surface area contributed by atoms with Crippen molar-refractivity contribution in [1.29, 1.82) is 0 Å². The fourth-order valence-corrected chi connectivity index (χ4v) is 2.12. The maximum Gasteiger partial charge on any atom is 0.0826 e. The highest BCUT2D eigenvalue weighted by Crippen LogP contribution is 2.09. The molecule has 3 heteroatoms. The standard InChI is InChI=1S/C13H20N2O/c1-14-9-13-11-15(7-8-16-13)10-12-5-3-2-4-6-12/h2-6,13-14H,7-11H2,1H3/t13-/m0/s1. The molecule has 0 aromatic heterocycles. The van der Waals surface area contributed by atoms with Gasteiger partial charge in [0.1, 0.15) is 0 Å². The van der Waals surface area contributed by atoms with E-state index in [0.29, 0.717) is 6.10 Å². The second-order valence-corrected chi connectivity index (χ2v) is 4.27. The number of nitrogens with zero attached hydrogens (tertiary/aromatic N) is 1. The van der Waals surface area contributed by atoms with Crippen LogP contribution >= 0.6 is 0 Å². The Morgan fingerprint density at radius 2 is 2.19 bits per heavy atom. The molecule has 0 radical (unpaired) electrons. The van der Waals surface area contributed by atoms with Gasteiger partial charge in [-0.15, -0.1) is 0 Å². The molecule has 1 aromatic carbocycles. The molecule has 0 spiro atoms. The molecule has 1 atom stereocenters. The van der Waals surface area contributed by atoms with E-state index in [2.05, 4.69) is 40.5 Å². The molecule has 3 nitrogen and oxygen atoms in total. The minimum atomic E-state index is 0.336. The Morgan fingerprint density at radius 1 is 1.38 bits per heavy atom. The smallest absolute Gasteiger partial charge is 0.0826 e. The van der Waals surface area contributed by atoms with Crippen LogP contribution in [0.1, 0.15) is 5.56 Å². The number of hydrogen-bond acceptors (Lipinski definition) is 3. The fraction of sp³-hybridized carbons (Fsp3) is 0.538. The van der Waals surface area contributed by atoms with Crippen LogP contribution in [-0.2, 0) is 11.3 Å². The van der Waals surface area contributed by atoms with Gasteiger partial charge in [0.15, 0.2) is 0 Å². The van der Waals surface area contributed by atoms with E-state index in [9.17, 15) is 0 Å². The Morgan fingerprint density at radius 3 is 2.94 bits per heavy atom. The van der Waals surface area contributed by atoms with Gasteiger partial charge in [-0.1, -0.05) is 30.3 Å². The zero-order valence-corrected chi connectivity index (χ0v) is 9.86. The molecule has 0 aliphatic carbocycles. The van der Waals surface area contributed by atoms with Crippen molar-refractivity contribution in [1.82, 2.24) is 10.2 Å². The lowest BCUT2D eigenvalue weighted by Crippen LogP contribution is -2.45. The SMILES string of the molecule is CNC[C@H]1CN(Cc2ccccc2)CCO1. The monoisotopic (exact) mass is 220 g/mol. The van der Waals surface area contributed by atoms with Gasteiger partial charge in [0.25, 0.3) is 0 Å². The van der Waals surface area contributed by atoms with Crippen LogP contribution < -0.4 is 5.32 Å². The summed E-state index contributed by atoms with van der Waals surface area (Å²) in [6.45, 7) is 4.87. The molecule has 1 fully saturated rings. The van der Waals surface area contributed by atoms with Crippen LogP contribution in [0, 0.1) is 0 Å². The van der Waals surface area contributed by atoms with Crippen molar-refractivity contribution in [3.63, 3.8) is 0 Å². The highest BCUT2D eigenvalue weighted by Gasteiger charge is 2.19. The average molecular weight is 220 g/mol. The average Bonchev–Trinajstić information content (AvgIpc) is 2.31. The molecular formula is C13H20N2O. The van der Waals surface area contributed by atoms with Crippen molar-refractivity contribution in [2.24, 2.45) is 0 Å². The van der Waals surface area contributed by atoms with Gasteiger partial charge < -0.3 is 10.1 Å². The third-order valence-electron chi connectivity index (χ3n) is 2.90. The summed E-state index contributed by atoms with van der Waals surface area (Å²) >= 11 is 0. The van der Waals surface area contributed by atoms with Crippen LogP contribution in [0.3, 0.4) is 0 Å². The van der Waals surface area contributed by atoms with Gasteiger partial charge in [0.05, 0.1) is 12.7 Å². The Labute approximate surface area is 97.4 Å². The number of benzene rings is 1. The van der Waals surface area contributed by atoms with E-state index in [1.807, 2.05) is 7.05 Å². The minimum Gasteiger partial charge on any atom is -0.374 e. The number of nitrogens with one attached hydrogen (secondary N) is 1. The molecule has 1 aliphatic rings. The molecule has 1 heterocycles. The summed E-state index contributed by atoms with van der Waals surface area (Å²) in [6, 6.07) is 10.6. The van der Waals surface area contributed by atoms with E-state index in [-0.39, 0.29) is 0 Å². The lowest BCUT2D eigenvalue weighted by Gasteiger charge is -2.32. The number of ether oxygens (including phenoxy) is 1. The summed E-state index contributed by atoms with van der Waals surface area (Å²) in [4.78, 5) is 2.46. The van der Waals surface area contributed by atoms with Gasteiger partial charge in [0.2, 0.25) is 0 Å². The third-order valence-corrected chi connectivity index (χ3v) is 2.90. The van der Waals surface area contributed by atoms with Crippen molar-refractivity contribution >= 4 is 0 Å². The van der Waals surface area contributed by atoms with Crippen LogP contribution in [0.2, 0.25) is 0 Å². The van der Waals surface area contributed by atoms with E-state index in [4.69, 9.17) is 4.74 Å². The molecule has 88 valence electrons. The summed E-state index contributed by atoms with van der Waals surface area (Å²) < 4.78 is 5.68. The molecular weight excluding hydrogens is 200 g/mol. The minimum absolute atomic E-state index is 0.336. The first kappa shape index (κ1) is 11.6. The number of rotatable bonds is 4. The summed E-state index contributed by atoms with van der Waals surface area (Å²) in [6.07, 6.45) is 0.336. The molecule has 0 amide bonds. The van der Waals surface area contributed by atoms with Crippen LogP contribution in [0.25, 0.3) is 0 Å². The fourth-order valence-electron chi connectivity index (χ4n) is 2.12. The lowest BCUT2D eigenvalue weighted by molar-refractivity contribution is -0.0291. The first-order valence-corrected chi connectivity index (χ1v) is 5.91. The molecule has 0 unspecified atom stereocenters. The van der Waals surface area contributed by atoms with E-state index in [1.54, 1.807) is 0 Å². The van der Waals surface area contributed by atoms with E-state index < -0.39 is 0 Å². The predicted molar refractivity (Wildman–Crippen MR) is 65.4 cm³/mol. The summed E-state index contributed by atoms with van der Waals surface area (Å²) in [5.74, 6) is 0. The Hall–Kier alpha value is -0.900. The quantitative estimate of drug-likeness (QED) is 0.822. The Balaban J connectivity index is 1.85. The molecule has 1 aromatic rings. The molecule has 1 N–H and O–H groups in total. The second-order valence-electron chi connectivity index (χ2n) is 4.27. The van der Waals surface area contributed by atoms with Crippen LogP contribution in [-0.4, -0.2) is 44.3 Å². The molecule has 1 aliphatic heterocycles. The van der Waals surface area contributed by atoms with Gasteiger partial charge in [-0.25, -0.2) is 0 Å². The van der Waals surface area contributed by atoms with Crippen LogP contribution in [0.15, 0.2) is 30.3 Å². The number of morpholine rings is 1. The van der Waals surface area contributed by atoms with Crippen molar-refractivity contribution in [2.75, 3.05) is 33.3 Å². The van der Waals surface area contributed by atoms with Crippen molar-refractivity contribution in [2.45, 2.75) is 12.6 Å². The topological polar surface area (TPSA) is 24.5 Å². The summed E-state index contributed by atoms with van der Waals surface area (Å²) in [5.41, 5.74) is 1.38. The highest BCUT2D eigenvalue weighted by atomic mass is 16.5. The van der Waals surface area contributed by atoms with E-state index in [1.165, 1.54) is 5.56 Å². The van der Waals surface area contributed by atoms with Crippen LogP contribution in [0.4, 0.5) is 0 Å². The molecule has 1 saturated heterocycles. The predicted octanol–water partition coefficient (Wildman–Crippen LogP) is 1.11. The number of hydrogen-bond donors (Lipinski definition) is 1. The largest absolute Gasteiger partial charge is 0.374 e. The van der Waals surface area contributed by atoms with Gasteiger partial charge >= 0.3 is 0 Å². The molecule has 0 saturated carbocycles. The van der Waals surface area contributed by atoms with Gasteiger partial charge in [0, 0.05) is 26.2 Å². The van der Waals surface area contributed by atoms with E-state index in [0.717, 1.165) is 32.8 Å². The number of likely N-dealkylation sites (N-methyl/N-ethyl adjacent to an activating group) is 1. The van der Waals surface area contributed by atoms with Crippen molar-refractivity contribution in [3.8, 4) is 0 Å². The molecule has 0 bridgehead atoms. The van der Waals surface area contributed by atoms with Gasteiger partial charge in [-0.2, -0.15) is 0 Å². The first-order chi connectivity index (χ1) is 7.88. The maximum absolute atomic E-state index is 5.68. The summed E-state index contributed by atoms with van der Waals surface area (Å²) in [5, 5.41) is 3.17. The molecule has 2 rings (SSSR count). The van der Waals surface area contributed by atoms with E-state index >= 15 is 0 Å². The van der Waals surface area contributed by atoms with Crippen LogP contribution in [0.5, 0.6) is 0 Å². The second kappa shape index (κ2) is 5.99. The first-order valence-electron chi connectivity index (χ1n) is 5.91. The van der Waals surface area contributed by atoms with Crippen molar-refractivity contribution < 1.29 is 4.74 Å². The Kier molecular flexibility index (Phi) is 4.34. The zero-order chi connectivity index (χ0) is 11.2. The maximum atomic E-state index is 5.68. The van der Waals surface area contributed by atoms with Gasteiger partial charge in [-0.3, -0.25) is 4.90 Å². The Bertz CT molecular complexity index is 300. The van der Waals surface area contributed by atoms with Crippen molar-refractivity contribution in [3.05, 3.63) is 35.9 Å². The third kappa shape index (κ3) is 3.30. The van der Waals surface area contributed by atoms with Gasteiger partial charge in [-0.05, 0) is 12.6 Å². The zero-order valence-electron chi connectivity index (χ0n) is 9.86. The lowest BCUT2D eigenvalue weighted by atomic mass is 10.2. The summed E-state index contributed by atoms with van der Waals surface area (Å²) in [7, 11) is 1.97. The molecule has 16 heavy (non-hydrogen) atoms. The normalized spacial score (nSPS) is 22.2.